The van der Waals surface area contributed by atoms with Crippen molar-refractivity contribution in [1.29, 1.82) is 0 Å². The summed E-state index contributed by atoms with van der Waals surface area (Å²) in [5.41, 5.74) is 0. The van der Waals surface area contributed by atoms with E-state index in [1.165, 1.54) is 0 Å². The number of morpholine rings is 1. The highest BCUT2D eigenvalue weighted by molar-refractivity contribution is 5.82. The summed E-state index contributed by atoms with van der Waals surface area (Å²) < 4.78 is 17.4. The van der Waals surface area contributed by atoms with E-state index < -0.39 is 6.10 Å². The largest absolute Gasteiger partial charge is 0.482 e. The average molecular weight is 348 g/mol. The van der Waals surface area contributed by atoms with Crippen LogP contribution in [0.2, 0.25) is 0 Å². The van der Waals surface area contributed by atoms with Gasteiger partial charge in [-0.25, -0.2) is 0 Å². The van der Waals surface area contributed by atoms with Gasteiger partial charge in [0.1, 0.15) is 6.10 Å². The summed E-state index contributed by atoms with van der Waals surface area (Å²) in [4.78, 5) is 14.9. The summed E-state index contributed by atoms with van der Waals surface area (Å²) in [6.45, 7) is 10.3. The molecule has 0 spiro atoms. The normalized spacial score (nSPS) is 26.5. The van der Waals surface area contributed by atoms with Crippen molar-refractivity contribution in [3.05, 3.63) is 24.3 Å². The van der Waals surface area contributed by atoms with E-state index in [9.17, 15) is 4.79 Å². The van der Waals surface area contributed by atoms with Crippen molar-refractivity contribution in [3.8, 4) is 11.5 Å². The number of para-hydroxylation sites is 2. The molecule has 0 aliphatic carbocycles. The van der Waals surface area contributed by atoms with Crippen molar-refractivity contribution in [2.75, 3.05) is 32.8 Å². The molecule has 25 heavy (non-hydrogen) atoms. The molecular formula is C19H28N2O4. The Kier molecular flexibility index (Phi) is 5.81. The fraction of sp³-hybridized carbons (Fsp3) is 0.632. The van der Waals surface area contributed by atoms with Gasteiger partial charge in [0.25, 0.3) is 5.91 Å². The predicted octanol–water partition coefficient (Wildman–Crippen LogP) is 1.69. The van der Waals surface area contributed by atoms with E-state index in [1.807, 2.05) is 31.2 Å². The van der Waals surface area contributed by atoms with Crippen LogP contribution in [0.1, 0.15) is 20.8 Å². The molecule has 2 heterocycles. The van der Waals surface area contributed by atoms with Crippen LogP contribution in [0.5, 0.6) is 11.5 Å². The van der Waals surface area contributed by atoms with Crippen molar-refractivity contribution in [2.45, 2.75) is 39.1 Å². The van der Waals surface area contributed by atoms with Gasteiger partial charge < -0.3 is 19.5 Å². The molecule has 3 rings (SSSR count). The summed E-state index contributed by atoms with van der Waals surface area (Å²) >= 11 is 0. The minimum Gasteiger partial charge on any atom is -0.482 e. The second-order valence-corrected chi connectivity index (χ2v) is 7.20. The van der Waals surface area contributed by atoms with Gasteiger partial charge in [-0.05, 0) is 25.0 Å². The minimum atomic E-state index is -0.648. The molecule has 0 aromatic heterocycles. The van der Waals surface area contributed by atoms with Crippen LogP contribution < -0.4 is 14.8 Å². The van der Waals surface area contributed by atoms with E-state index in [-0.39, 0.29) is 18.1 Å². The van der Waals surface area contributed by atoms with Gasteiger partial charge in [0.15, 0.2) is 11.5 Å². The molecule has 0 bridgehead atoms. The summed E-state index contributed by atoms with van der Waals surface area (Å²) in [5, 5.41) is 2.96. The standard InChI is InChI=1S/C19H28N2O4/c1-13(2)11-21-8-9-23-15(12-21)10-20-19(22)18-14(3)24-16-6-4-5-7-17(16)25-18/h4-7,13-15,18H,8-12H2,1-3H3,(H,20,22). The number of nitrogens with one attached hydrogen (secondary N) is 1. The number of carbonyl (C=O) groups is 1. The molecule has 1 amide bonds. The molecular weight excluding hydrogens is 320 g/mol. The molecule has 1 aromatic rings. The van der Waals surface area contributed by atoms with Gasteiger partial charge in [0.05, 0.1) is 12.7 Å². The summed E-state index contributed by atoms with van der Waals surface area (Å²) in [7, 11) is 0. The van der Waals surface area contributed by atoms with Crippen LogP contribution in [0, 0.1) is 5.92 Å². The number of hydrogen-bond donors (Lipinski definition) is 1. The lowest BCUT2D eigenvalue weighted by Gasteiger charge is -2.35. The number of amides is 1. The first-order chi connectivity index (χ1) is 12.0. The van der Waals surface area contributed by atoms with Gasteiger partial charge in [-0.15, -0.1) is 0 Å². The van der Waals surface area contributed by atoms with Gasteiger partial charge in [0, 0.05) is 26.2 Å². The third-order valence-electron chi connectivity index (χ3n) is 4.45. The molecule has 1 saturated heterocycles. The second kappa shape index (κ2) is 8.06. The quantitative estimate of drug-likeness (QED) is 0.877. The lowest BCUT2D eigenvalue weighted by molar-refractivity contribution is -0.134. The third kappa shape index (κ3) is 4.64. The molecule has 2 aliphatic rings. The molecule has 0 saturated carbocycles. The molecule has 6 nitrogen and oxygen atoms in total. The highest BCUT2D eigenvalue weighted by Crippen LogP contribution is 2.33. The van der Waals surface area contributed by atoms with E-state index >= 15 is 0 Å². The SMILES string of the molecule is CC(C)CN1CCOC(CNC(=O)C2Oc3ccccc3OC2C)C1. The van der Waals surface area contributed by atoms with Crippen molar-refractivity contribution in [1.82, 2.24) is 10.2 Å². The van der Waals surface area contributed by atoms with Gasteiger partial charge >= 0.3 is 0 Å². The molecule has 6 heteroatoms. The highest BCUT2D eigenvalue weighted by Gasteiger charge is 2.34. The van der Waals surface area contributed by atoms with Crippen LogP contribution in [0.4, 0.5) is 0 Å². The minimum absolute atomic E-state index is 0.0172. The predicted molar refractivity (Wildman–Crippen MR) is 95.0 cm³/mol. The number of hydrogen-bond acceptors (Lipinski definition) is 5. The molecule has 0 radical (unpaired) electrons. The number of ether oxygens (including phenoxy) is 3. The number of rotatable bonds is 5. The number of carbonyl (C=O) groups excluding carboxylic acids is 1. The first kappa shape index (κ1) is 18.0. The first-order valence-corrected chi connectivity index (χ1v) is 9.07. The van der Waals surface area contributed by atoms with E-state index in [1.54, 1.807) is 0 Å². The Bertz CT molecular complexity index is 593. The van der Waals surface area contributed by atoms with Crippen LogP contribution in [-0.2, 0) is 9.53 Å². The molecule has 2 aliphatic heterocycles. The smallest absolute Gasteiger partial charge is 0.265 e. The Balaban J connectivity index is 1.51. The van der Waals surface area contributed by atoms with Gasteiger partial charge in [-0.1, -0.05) is 26.0 Å². The van der Waals surface area contributed by atoms with E-state index in [4.69, 9.17) is 14.2 Å². The Morgan fingerprint density at radius 3 is 2.72 bits per heavy atom. The molecule has 1 aromatic carbocycles. The summed E-state index contributed by atoms with van der Waals surface area (Å²) in [5.74, 6) is 1.75. The van der Waals surface area contributed by atoms with Gasteiger partial charge in [-0.2, -0.15) is 0 Å². The average Bonchev–Trinajstić information content (AvgIpc) is 2.59. The van der Waals surface area contributed by atoms with Gasteiger partial charge in [-0.3, -0.25) is 9.69 Å². The maximum atomic E-state index is 12.5. The molecule has 1 N–H and O–H groups in total. The van der Waals surface area contributed by atoms with Crippen molar-refractivity contribution >= 4 is 5.91 Å². The number of benzene rings is 1. The summed E-state index contributed by atoms with van der Waals surface area (Å²) in [6.07, 6.45) is -0.964. The van der Waals surface area contributed by atoms with Gasteiger partial charge in [0.2, 0.25) is 6.10 Å². The van der Waals surface area contributed by atoms with Crippen molar-refractivity contribution < 1.29 is 19.0 Å². The fourth-order valence-electron chi connectivity index (χ4n) is 3.31. The van der Waals surface area contributed by atoms with E-state index in [0.29, 0.717) is 30.6 Å². The zero-order valence-electron chi connectivity index (χ0n) is 15.2. The van der Waals surface area contributed by atoms with E-state index in [0.717, 1.165) is 19.6 Å². The molecule has 3 atom stereocenters. The second-order valence-electron chi connectivity index (χ2n) is 7.20. The maximum absolute atomic E-state index is 12.5. The Morgan fingerprint density at radius 1 is 1.28 bits per heavy atom. The van der Waals surface area contributed by atoms with Crippen LogP contribution in [0.3, 0.4) is 0 Å². The Labute approximate surface area is 149 Å². The zero-order valence-corrected chi connectivity index (χ0v) is 15.2. The Morgan fingerprint density at radius 2 is 2.00 bits per heavy atom. The van der Waals surface area contributed by atoms with Crippen LogP contribution in [0.25, 0.3) is 0 Å². The van der Waals surface area contributed by atoms with Crippen LogP contribution in [0.15, 0.2) is 24.3 Å². The third-order valence-corrected chi connectivity index (χ3v) is 4.45. The van der Waals surface area contributed by atoms with Crippen LogP contribution in [-0.4, -0.2) is 61.9 Å². The lowest BCUT2D eigenvalue weighted by atomic mass is 10.1. The number of nitrogens with zero attached hydrogens (tertiary/aromatic N) is 1. The molecule has 3 unspecified atom stereocenters. The van der Waals surface area contributed by atoms with E-state index in [2.05, 4.69) is 24.1 Å². The first-order valence-electron chi connectivity index (χ1n) is 9.07. The highest BCUT2D eigenvalue weighted by atomic mass is 16.6. The maximum Gasteiger partial charge on any atom is 0.265 e. The fourth-order valence-corrected chi connectivity index (χ4v) is 3.31. The Hall–Kier alpha value is -1.79. The van der Waals surface area contributed by atoms with Crippen molar-refractivity contribution in [2.24, 2.45) is 5.92 Å². The lowest BCUT2D eigenvalue weighted by Crippen LogP contribution is -2.53. The van der Waals surface area contributed by atoms with Crippen LogP contribution >= 0.6 is 0 Å². The number of fused-ring (bicyclic) bond motifs is 1. The summed E-state index contributed by atoms with van der Waals surface area (Å²) in [6, 6.07) is 7.42. The topological polar surface area (TPSA) is 60.0 Å². The monoisotopic (exact) mass is 348 g/mol. The molecule has 1 fully saturated rings. The van der Waals surface area contributed by atoms with Crippen molar-refractivity contribution in [3.63, 3.8) is 0 Å². The zero-order chi connectivity index (χ0) is 17.8. The molecule has 138 valence electrons.